The molecule has 0 radical (unpaired) electrons. The van der Waals surface area contributed by atoms with Crippen molar-refractivity contribution in [2.45, 2.75) is 24.6 Å². The Labute approximate surface area is 295 Å². The minimum absolute atomic E-state index is 0.324. The molecule has 2 unspecified atom stereocenters. The molecule has 2 atom stereocenters. The van der Waals surface area contributed by atoms with Gasteiger partial charge in [0.2, 0.25) is 0 Å². The van der Waals surface area contributed by atoms with E-state index >= 15 is 0 Å². The lowest BCUT2D eigenvalue weighted by atomic mass is 9.90. The van der Waals surface area contributed by atoms with Crippen molar-refractivity contribution in [3.05, 3.63) is 161 Å². The average Bonchev–Trinajstić information content (AvgIpc) is 3.10. The molecule has 2 N–H and O–H groups in total. The van der Waals surface area contributed by atoms with Crippen LogP contribution in [-0.4, -0.2) is 63.4 Å². The van der Waals surface area contributed by atoms with Crippen molar-refractivity contribution >= 4 is 42.9 Å². The maximum atomic E-state index is 12.7. The average molecular weight is 713 g/mol. The van der Waals surface area contributed by atoms with Crippen LogP contribution in [0.1, 0.15) is 46.8 Å². The summed E-state index contributed by atoms with van der Waals surface area (Å²) in [5, 5.41) is -2.56. The second-order valence-electron chi connectivity index (χ2n) is 12.0. The van der Waals surface area contributed by atoms with Crippen LogP contribution in [0.2, 0.25) is 0 Å². The van der Waals surface area contributed by atoms with E-state index in [1.807, 2.05) is 105 Å². The summed E-state index contributed by atoms with van der Waals surface area (Å²) in [4.78, 5) is 3.29. The maximum absolute atomic E-state index is 12.7. The zero-order valence-corrected chi connectivity index (χ0v) is 30.1. The summed E-state index contributed by atoms with van der Waals surface area (Å²) in [5.41, 5.74) is 6.77. The van der Waals surface area contributed by atoms with E-state index in [1.54, 1.807) is 70.5 Å². The Morgan fingerprint density at radius 1 is 0.580 bits per heavy atom. The molecule has 0 fully saturated rings. The summed E-state index contributed by atoms with van der Waals surface area (Å²) in [5.74, 6) is 0. The first kappa shape index (κ1) is 36.5. The number of nitrogens with zero attached hydrogens (tertiary/aromatic N) is 3. The Morgan fingerprint density at radius 2 is 0.940 bits per heavy atom. The van der Waals surface area contributed by atoms with Crippen LogP contribution in [0.5, 0.6) is 0 Å². The van der Waals surface area contributed by atoms with Gasteiger partial charge < -0.3 is 9.80 Å². The SMILES string of the molecule is CCN(c1ccc(C(=C2C=CC(=[N+](C)C)C=C2)c2ccc(N(CC)C(c3ccccc3)S(=O)(=O)O)cc2)cc1)C(c1ccccc1)S(=O)(=O)O. The zero-order chi connectivity index (χ0) is 36.1. The van der Waals surface area contributed by atoms with Gasteiger partial charge in [0.15, 0.2) is 16.5 Å². The lowest BCUT2D eigenvalue weighted by molar-refractivity contribution is -0.462. The fourth-order valence-electron chi connectivity index (χ4n) is 6.29. The molecule has 9 nitrogen and oxygen atoms in total. The topological polar surface area (TPSA) is 118 Å². The molecule has 0 heterocycles. The Kier molecular flexibility index (Phi) is 11.2. The van der Waals surface area contributed by atoms with Gasteiger partial charge in [-0.05, 0) is 83.7 Å². The van der Waals surface area contributed by atoms with E-state index < -0.39 is 31.0 Å². The van der Waals surface area contributed by atoms with Crippen molar-refractivity contribution in [3.63, 3.8) is 0 Å². The molecule has 1 aliphatic carbocycles. The van der Waals surface area contributed by atoms with E-state index in [0.29, 0.717) is 35.6 Å². The van der Waals surface area contributed by atoms with Gasteiger partial charge in [0.25, 0.3) is 20.2 Å². The lowest BCUT2D eigenvalue weighted by Gasteiger charge is -2.31. The first-order chi connectivity index (χ1) is 23.8. The summed E-state index contributed by atoms with van der Waals surface area (Å²) in [6.45, 7) is 4.32. The monoisotopic (exact) mass is 712 g/mol. The summed E-state index contributed by atoms with van der Waals surface area (Å²) in [6.07, 6.45) is 8.14. The summed E-state index contributed by atoms with van der Waals surface area (Å²) >= 11 is 0. The number of allylic oxidation sites excluding steroid dienone is 5. The third-order valence-electron chi connectivity index (χ3n) is 8.63. The van der Waals surface area contributed by atoms with Gasteiger partial charge in [0.1, 0.15) is 14.1 Å². The van der Waals surface area contributed by atoms with Crippen molar-refractivity contribution in [2.75, 3.05) is 37.0 Å². The highest BCUT2D eigenvalue weighted by molar-refractivity contribution is 7.86. The van der Waals surface area contributed by atoms with Crippen molar-refractivity contribution in [1.29, 1.82) is 0 Å². The molecule has 0 aromatic heterocycles. The van der Waals surface area contributed by atoms with Gasteiger partial charge in [-0.25, -0.2) is 4.58 Å². The van der Waals surface area contributed by atoms with Gasteiger partial charge in [-0.3, -0.25) is 9.11 Å². The number of hydrogen-bond acceptors (Lipinski definition) is 6. The highest BCUT2D eigenvalue weighted by Gasteiger charge is 2.32. The highest BCUT2D eigenvalue weighted by atomic mass is 32.2. The normalized spacial score (nSPS) is 14.3. The Hall–Kier alpha value is -4.81. The first-order valence-electron chi connectivity index (χ1n) is 16.2. The minimum atomic E-state index is -4.49. The van der Waals surface area contributed by atoms with Crippen molar-refractivity contribution < 1.29 is 30.5 Å². The van der Waals surface area contributed by atoms with Crippen molar-refractivity contribution in [1.82, 2.24) is 0 Å². The quantitative estimate of drug-likeness (QED) is 0.118. The van der Waals surface area contributed by atoms with E-state index in [4.69, 9.17) is 0 Å². The molecule has 1 aliphatic rings. The van der Waals surface area contributed by atoms with Crippen LogP contribution in [0.3, 0.4) is 0 Å². The molecule has 0 spiro atoms. The van der Waals surface area contributed by atoms with Gasteiger partial charge in [0.05, 0.1) is 0 Å². The molecular formula is C39H42N3O6S2+. The van der Waals surface area contributed by atoms with Crippen LogP contribution in [0.4, 0.5) is 11.4 Å². The molecule has 0 amide bonds. The molecule has 0 aliphatic heterocycles. The molecule has 0 saturated carbocycles. The molecule has 11 heteroatoms. The van der Waals surface area contributed by atoms with Crippen LogP contribution >= 0.6 is 0 Å². The largest absolute Gasteiger partial charge is 0.350 e. The van der Waals surface area contributed by atoms with Crippen LogP contribution < -0.4 is 9.80 Å². The van der Waals surface area contributed by atoms with Gasteiger partial charge in [0, 0.05) is 36.6 Å². The van der Waals surface area contributed by atoms with E-state index in [1.165, 1.54) is 0 Å². The molecular weight excluding hydrogens is 671 g/mol. The van der Waals surface area contributed by atoms with Gasteiger partial charge in [-0.15, -0.1) is 0 Å². The maximum Gasteiger partial charge on any atom is 0.290 e. The van der Waals surface area contributed by atoms with Gasteiger partial charge in [-0.2, -0.15) is 16.8 Å². The minimum Gasteiger partial charge on any atom is -0.350 e. The number of benzene rings is 4. The van der Waals surface area contributed by atoms with E-state index in [9.17, 15) is 25.9 Å². The van der Waals surface area contributed by atoms with E-state index in [2.05, 4.69) is 0 Å². The number of anilines is 2. The predicted molar refractivity (Wildman–Crippen MR) is 202 cm³/mol. The molecule has 4 aromatic rings. The van der Waals surface area contributed by atoms with Crippen LogP contribution in [0, 0.1) is 0 Å². The number of rotatable bonds is 12. The zero-order valence-electron chi connectivity index (χ0n) is 28.5. The van der Waals surface area contributed by atoms with Crippen molar-refractivity contribution in [3.8, 4) is 0 Å². The molecule has 260 valence electrons. The van der Waals surface area contributed by atoms with Crippen LogP contribution in [0.15, 0.2) is 139 Å². The summed E-state index contributed by atoms with van der Waals surface area (Å²) in [6, 6.07) is 32.3. The highest BCUT2D eigenvalue weighted by Crippen LogP contribution is 2.37. The summed E-state index contributed by atoms with van der Waals surface area (Å²) < 4.78 is 73.2. The third kappa shape index (κ3) is 8.14. The fourth-order valence-corrected chi connectivity index (χ4v) is 8.48. The van der Waals surface area contributed by atoms with Crippen molar-refractivity contribution in [2.24, 2.45) is 0 Å². The fraction of sp³-hybridized carbons (Fsp3) is 0.205. The smallest absolute Gasteiger partial charge is 0.290 e. The third-order valence-corrected chi connectivity index (χ3v) is 10.8. The Morgan fingerprint density at radius 3 is 1.24 bits per heavy atom. The van der Waals surface area contributed by atoms with Crippen LogP contribution in [0.25, 0.3) is 5.57 Å². The van der Waals surface area contributed by atoms with Crippen LogP contribution in [-0.2, 0) is 20.2 Å². The first-order valence-corrected chi connectivity index (χ1v) is 19.3. The molecule has 4 aromatic carbocycles. The lowest BCUT2D eigenvalue weighted by Crippen LogP contribution is -2.34. The predicted octanol–water partition coefficient (Wildman–Crippen LogP) is 7.15. The van der Waals surface area contributed by atoms with Gasteiger partial charge >= 0.3 is 0 Å². The molecule has 0 bridgehead atoms. The molecule has 0 saturated heterocycles. The Bertz CT molecular complexity index is 1990. The summed E-state index contributed by atoms with van der Waals surface area (Å²) in [7, 11) is -5.03. The second kappa shape index (κ2) is 15.4. The second-order valence-corrected chi connectivity index (χ2v) is 15.0. The van der Waals surface area contributed by atoms with E-state index in [0.717, 1.165) is 28.0 Å². The molecule has 50 heavy (non-hydrogen) atoms. The standard InChI is InChI=1S/C39H41N3O6S2/c1-5-41(38(49(43,44)45)32-13-9-7-10-14-32)35-25-19-30(20-26-35)37(29-17-23-34(24-18-29)40(3)4)31-21-27-36(28-22-31)42(6-2)39(50(46,47)48)33-15-11-8-12-16-33/h7-28,38-39H,5-6H2,1-4H3,(H-,43,44,45,46,47,48)/p+1. The van der Waals surface area contributed by atoms with E-state index in [-0.39, 0.29) is 0 Å². The van der Waals surface area contributed by atoms with Gasteiger partial charge in [-0.1, -0.05) is 84.9 Å². The molecule has 5 rings (SSSR count). The number of hydrogen-bond donors (Lipinski definition) is 2. The Balaban J connectivity index is 1.58.